The molecule has 0 spiro atoms. The van der Waals surface area contributed by atoms with E-state index in [-0.39, 0.29) is 11.8 Å². The molecule has 2 aliphatic rings. The van der Waals surface area contributed by atoms with Crippen molar-refractivity contribution in [2.45, 2.75) is 38.5 Å². The van der Waals surface area contributed by atoms with Crippen molar-refractivity contribution in [3.8, 4) is 17.2 Å². The van der Waals surface area contributed by atoms with Crippen LogP contribution in [-0.4, -0.2) is 42.8 Å². The first kappa shape index (κ1) is 23.7. The number of hydrogen-bond donors (Lipinski definition) is 2. The van der Waals surface area contributed by atoms with E-state index in [2.05, 4.69) is 10.6 Å². The number of allylic oxidation sites excluding steroid dienone is 1. The van der Waals surface area contributed by atoms with Gasteiger partial charge in [-0.1, -0.05) is 18.2 Å². The third-order valence-corrected chi connectivity index (χ3v) is 6.10. The highest BCUT2D eigenvalue weighted by atomic mass is 32.1. The van der Waals surface area contributed by atoms with Gasteiger partial charge in [-0.2, -0.15) is 8.78 Å². The standard InChI is InChI=1S/C24H25F2N3O4S/c1-13-20(22(30)27-17-12-15(31-2)10-11-19(17)32-3)21(28-24(34)29(13)14-8-9-14)16-6-4-5-7-18(16)33-23(25)26/h4-7,10-12,14,21,23H,8-9H2,1-3H3,(H,27,30)(H,28,34). The van der Waals surface area contributed by atoms with Crippen molar-refractivity contribution in [3.63, 3.8) is 0 Å². The second-order valence-electron chi connectivity index (χ2n) is 7.92. The van der Waals surface area contributed by atoms with Crippen molar-refractivity contribution in [2.24, 2.45) is 0 Å². The zero-order chi connectivity index (χ0) is 24.4. The number of hydrogen-bond acceptors (Lipinski definition) is 5. The summed E-state index contributed by atoms with van der Waals surface area (Å²) in [5.74, 6) is 0.525. The molecule has 1 unspecified atom stereocenters. The molecule has 0 radical (unpaired) electrons. The molecule has 34 heavy (non-hydrogen) atoms. The molecule has 10 heteroatoms. The minimum Gasteiger partial charge on any atom is -0.497 e. The summed E-state index contributed by atoms with van der Waals surface area (Å²) in [6, 6.07) is 10.8. The van der Waals surface area contributed by atoms with Crippen LogP contribution in [0.3, 0.4) is 0 Å². The Labute approximate surface area is 201 Å². The van der Waals surface area contributed by atoms with Gasteiger partial charge in [-0.25, -0.2) is 0 Å². The van der Waals surface area contributed by atoms with Crippen LogP contribution in [0.25, 0.3) is 0 Å². The highest BCUT2D eigenvalue weighted by molar-refractivity contribution is 7.80. The molecule has 1 fully saturated rings. The molecule has 0 bridgehead atoms. The Morgan fingerprint density at radius 3 is 2.53 bits per heavy atom. The smallest absolute Gasteiger partial charge is 0.387 e. The number of nitrogens with zero attached hydrogens (tertiary/aromatic N) is 1. The summed E-state index contributed by atoms with van der Waals surface area (Å²) in [6.07, 6.45) is 1.90. The summed E-state index contributed by atoms with van der Waals surface area (Å²) in [6.45, 7) is -1.20. The van der Waals surface area contributed by atoms with Gasteiger partial charge in [0.25, 0.3) is 5.91 Å². The number of anilines is 1. The van der Waals surface area contributed by atoms with Crippen LogP contribution in [0.2, 0.25) is 0 Å². The van der Waals surface area contributed by atoms with E-state index in [1.165, 1.54) is 20.3 Å². The van der Waals surface area contributed by atoms with Gasteiger partial charge in [-0.15, -0.1) is 0 Å². The Balaban J connectivity index is 1.78. The number of ether oxygens (including phenoxy) is 3. The average Bonchev–Trinajstić information content (AvgIpc) is 3.63. The quantitative estimate of drug-likeness (QED) is 0.525. The van der Waals surface area contributed by atoms with Crippen molar-refractivity contribution in [3.05, 3.63) is 59.3 Å². The van der Waals surface area contributed by atoms with Gasteiger partial charge in [0.2, 0.25) is 0 Å². The Hall–Kier alpha value is -3.40. The van der Waals surface area contributed by atoms with Gasteiger partial charge in [-0.05, 0) is 50.2 Å². The van der Waals surface area contributed by atoms with E-state index in [4.69, 9.17) is 26.4 Å². The number of amides is 1. The number of methoxy groups -OCH3 is 2. The number of nitrogens with one attached hydrogen (secondary N) is 2. The second-order valence-corrected chi connectivity index (χ2v) is 8.31. The summed E-state index contributed by atoms with van der Waals surface area (Å²) in [5.41, 5.74) is 1.79. The molecule has 1 heterocycles. The fraction of sp³-hybridized carbons (Fsp3) is 0.333. The number of benzene rings is 2. The molecular formula is C24H25F2N3O4S. The minimum absolute atomic E-state index is 0.0327. The lowest BCUT2D eigenvalue weighted by Crippen LogP contribution is -2.49. The van der Waals surface area contributed by atoms with Crippen LogP contribution in [0, 0.1) is 0 Å². The van der Waals surface area contributed by atoms with Crippen molar-refractivity contribution >= 4 is 28.9 Å². The first-order chi connectivity index (χ1) is 16.3. The van der Waals surface area contributed by atoms with Crippen molar-refractivity contribution < 1.29 is 27.8 Å². The van der Waals surface area contributed by atoms with Crippen LogP contribution >= 0.6 is 12.2 Å². The van der Waals surface area contributed by atoms with E-state index in [1.54, 1.807) is 36.4 Å². The first-order valence-corrected chi connectivity index (χ1v) is 11.1. The average molecular weight is 490 g/mol. The predicted molar refractivity (Wildman–Crippen MR) is 127 cm³/mol. The largest absolute Gasteiger partial charge is 0.497 e. The molecule has 0 saturated heterocycles. The lowest BCUT2D eigenvalue weighted by atomic mass is 9.93. The van der Waals surface area contributed by atoms with Gasteiger partial charge in [0.15, 0.2) is 5.11 Å². The van der Waals surface area contributed by atoms with Crippen molar-refractivity contribution in [1.29, 1.82) is 0 Å². The summed E-state index contributed by atoms with van der Waals surface area (Å²) < 4.78 is 41.6. The Bertz CT molecular complexity index is 1140. The van der Waals surface area contributed by atoms with Crippen LogP contribution in [0.4, 0.5) is 14.5 Å². The van der Waals surface area contributed by atoms with E-state index in [0.29, 0.717) is 39.1 Å². The van der Waals surface area contributed by atoms with Gasteiger partial charge >= 0.3 is 6.61 Å². The van der Waals surface area contributed by atoms with Crippen LogP contribution < -0.4 is 24.8 Å². The fourth-order valence-electron chi connectivity index (χ4n) is 4.08. The van der Waals surface area contributed by atoms with Gasteiger partial charge in [0.1, 0.15) is 17.2 Å². The normalized spacial score (nSPS) is 18.0. The molecule has 2 N–H and O–H groups in total. The molecule has 0 aromatic heterocycles. The lowest BCUT2D eigenvalue weighted by Gasteiger charge is -2.38. The van der Waals surface area contributed by atoms with E-state index in [0.717, 1.165) is 12.8 Å². The molecule has 1 amide bonds. The van der Waals surface area contributed by atoms with Crippen molar-refractivity contribution in [1.82, 2.24) is 10.2 Å². The van der Waals surface area contributed by atoms with Gasteiger partial charge in [0, 0.05) is 23.4 Å². The van der Waals surface area contributed by atoms with Crippen LogP contribution in [0.5, 0.6) is 17.2 Å². The van der Waals surface area contributed by atoms with Crippen LogP contribution in [0.1, 0.15) is 31.4 Å². The van der Waals surface area contributed by atoms with Crippen LogP contribution in [0.15, 0.2) is 53.7 Å². The van der Waals surface area contributed by atoms with Gasteiger partial charge in [0.05, 0.1) is 31.5 Å². The molecule has 4 rings (SSSR count). The predicted octanol–water partition coefficient (Wildman–Crippen LogP) is 4.61. The molecule has 1 aliphatic heterocycles. The number of halogens is 2. The number of alkyl halides is 2. The molecule has 1 saturated carbocycles. The van der Waals surface area contributed by atoms with E-state index >= 15 is 0 Å². The fourth-order valence-corrected chi connectivity index (χ4v) is 4.48. The highest BCUT2D eigenvalue weighted by Gasteiger charge is 2.41. The number of carbonyl (C=O) groups is 1. The third-order valence-electron chi connectivity index (χ3n) is 5.78. The monoisotopic (exact) mass is 489 g/mol. The summed E-state index contributed by atoms with van der Waals surface area (Å²) in [7, 11) is 3.02. The van der Waals surface area contributed by atoms with E-state index in [1.807, 2.05) is 11.8 Å². The van der Waals surface area contributed by atoms with Gasteiger partial charge < -0.3 is 29.7 Å². The number of carbonyl (C=O) groups excluding carboxylic acids is 1. The zero-order valence-electron chi connectivity index (χ0n) is 18.9. The van der Waals surface area contributed by atoms with Crippen molar-refractivity contribution in [2.75, 3.05) is 19.5 Å². The number of rotatable bonds is 8. The number of para-hydroxylation sites is 1. The van der Waals surface area contributed by atoms with E-state index < -0.39 is 18.6 Å². The third kappa shape index (κ3) is 4.77. The summed E-state index contributed by atoms with van der Waals surface area (Å²) in [4.78, 5) is 15.6. The maximum absolute atomic E-state index is 13.7. The molecule has 1 atom stereocenters. The Morgan fingerprint density at radius 2 is 1.88 bits per heavy atom. The summed E-state index contributed by atoms with van der Waals surface area (Å²) >= 11 is 5.59. The van der Waals surface area contributed by atoms with Crippen LogP contribution in [-0.2, 0) is 4.79 Å². The number of thiocarbonyl (C=S) groups is 1. The maximum Gasteiger partial charge on any atom is 0.387 e. The Morgan fingerprint density at radius 1 is 1.15 bits per heavy atom. The Kier molecular flexibility index (Phi) is 6.87. The molecule has 7 nitrogen and oxygen atoms in total. The highest BCUT2D eigenvalue weighted by Crippen LogP contribution is 2.41. The van der Waals surface area contributed by atoms with E-state index in [9.17, 15) is 13.6 Å². The SMILES string of the molecule is COc1ccc(OC)c(NC(=O)C2=C(C)N(C3CC3)C(=S)NC2c2ccccc2OC(F)F)c1. The van der Waals surface area contributed by atoms with Gasteiger partial charge in [-0.3, -0.25) is 4.79 Å². The minimum atomic E-state index is -3.01. The summed E-state index contributed by atoms with van der Waals surface area (Å²) in [5, 5.41) is 6.50. The maximum atomic E-state index is 13.7. The first-order valence-electron chi connectivity index (χ1n) is 10.7. The zero-order valence-corrected chi connectivity index (χ0v) is 19.7. The molecule has 1 aliphatic carbocycles. The topological polar surface area (TPSA) is 72.1 Å². The molecule has 180 valence electrons. The molecule has 2 aromatic rings. The lowest BCUT2D eigenvalue weighted by molar-refractivity contribution is -0.113. The molecular weight excluding hydrogens is 464 g/mol. The molecule has 2 aromatic carbocycles. The second kappa shape index (κ2) is 9.84.